The van der Waals surface area contributed by atoms with Crippen LogP contribution >= 0.6 is 0 Å². The third-order valence-electron chi connectivity index (χ3n) is 3.21. The van der Waals surface area contributed by atoms with Crippen molar-refractivity contribution in [1.82, 2.24) is 19.7 Å². The van der Waals surface area contributed by atoms with E-state index in [1.807, 2.05) is 25.1 Å². The summed E-state index contributed by atoms with van der Waals surface area (Å²) in [4.78, 5) is 20.2. The number of hydrogen-bond donors (Lipinski definition) is 1. The number of primary amides is 1. The minimum Gasteiger partial charge on any atom is -0.364 e. The highest BCUT2D eigenvalue weighted by atomic mass is 16.1. The van der Waals surface area contributed by atoms with E-state index in [0.717, 1.165) is 5.69 Å². The van der Waals surface area contributed by atoms with Crippen molar-refractivity contribution in [3.05, 3.63) is 59.5 Å². The Hall–Kier alpha value is -3.46. The van der Waals surface area contributed by atoms with Crippen molar-refractivity contribution >= 4 is 5.91 Å². The van der Waals surface area contributed by atoms with Gasteiger partial charge in [0.1, 0.15) is 5.69 Å². The lowest BCUT2D eigenvalue weighted by Gasteiger charge is -2.07. The normalized spacial score (nSPS) is 10.3. The van der Waals surface area contributed by atoms with Crippen molar-refractivity contribution in [2.75, 3.05) is 0 Å². The topological polar surface area (TPSA) is 86.7 Å². The fourth-order valence-electron chi connectivity index (χ4n) is 2.10. The number of nitrogens with two attached hydrogens (primary N) is 1. The average molecular weight is 303 g/mol. The molecule has 0 radical (unpaired) electrons. The predicted molar refractivity (Wildman–Crippen MR) is 85.8 cm³/mol. The third-order valence-corrected chi connectivity index (χ3v) is 3.21. The number of aryl methyl sites for hydroxylation is 1. The Morgan fingerprint density at radius 2 is 2.09 bits per heavy atom. The van der Waals surface area contributed by atoms with E-state index in [0.29, 0.717) is 22.8 Å². The molecular weight excluding hydrogens is 290 g/mol. The van der Waals surface area contributed by atoms with E-state index >= 15 is 0 Å². The zero-order valence-electron chi connectivity index (χ0n) is 12.4. The molecule has 0 aliphatic carbocycles. The average Bonchev–Trinajstić information content (AvgIpc) is 3.01. The first-order chi connectivity index (χ1) is 11.1. The molecule has 0 atom stereocenters. The number of carbonyl (C=O) groups is 1. The van der Waals surface area contributed by atoms with E-state index in [4.69, 9.17) is 12.2 Å². The first-order valence-electron chi connectivity index (χ1n) is 6.85. The number of aromatic nitrogens is 4. The molecule has 1 aromatic carbocycles. The molecule has 3 rings (SSSR count). The van der Waals surface area contributed by atoms with Gasteiger partial charge in [-0.2, -0.15) is 5.10 Å². The molecule has 1 amide bonds. The van der Waals surface area contributed by atoms with Crippen LogP contribution in [0.3, 0.4) is 0 Å². The second-order valence-corrected chi connectivity index (χ2v) is 4.93. The zero-order chi connectivity index (χ0) is 16.4. The van der Waals surface area contributed by atoms with E-state index in [1.165, 1.54) is 6.07 Å². The van der Waals surface area contributed by atoms with Gasteiger partial charge in [0.15, 0.2) is 11.6 Å². The maximum Gasteiger partial charge on any atom is 0.267 e. The van der Waals surface area contributed by atoms with Gasteiger partial charge in [-0.3, -0.25) is 4.79 Å². The molecule has 0 aliphatic heterocycles. The Kier molecular flexibility index (Phi) is 3.61. The van der Waals surface area contributed by atoms with Crippen molar-refractivity contribution in [3.63, 3.8) is 0 Å². The minimum atomic E-state index is -0.633. The maximum absolute atomic E-state index is 11.6. The SMILES string of the molecule is C#Cc1cccc(-c2nc(C(N)=O)cc(-n3ccc(C)n3)n2)c1. The smallest absolute Gasteiger partial charge is 0.267 e. The molecule has 0 saturated heterocycles. The molecule has 2 N–H and O–H groups in total. The zero-order valence-corrected chi connectivity index (χ0v) is 12.4. The Labute approximate surface area is 133 Å². The third kappa shape index (κ3) is 2.94. The number of nitrogens with zero attached hydrogens (tertiary/aromatic N) is 4. The summed E-state index contributed by atoms with van der Waals surface area (Å²) in [7, 11) is 0. The molecule has 112 valence electrons. The van der Waals surface area contributed by atoms with Gasteiger partial charge in [-0.1, -0.05) is 18.1 Å². The van der Waals surface area contributed by atoms with E-state index < -0.39 is 5.91 Å². The number of rotatable bonds is 3. The summed E-state index contributed by atoms with van der Waals surface area (Å²) in [5, 5.41) is 4.29. The number of benzene rings is 1. The highest BCUT2D eigenvalue weighted by molar-refractivity contribution is 5.91. The van der Waals surface area contributed by atoms with Crippen LogP contribution in [0.25, 0.3) is 17.2 Å². The fraction of sp³-hybridized carbons (Fsp3) is 0.0588. The van der Waals surface area contributed by atoms with Crippen molar-refractivity contribution in [2.45, 2.75) is 6.92 Å². The second-order valence-electron chi connectivity index (χ2n) is 4.93. The van der Waals surface area contributed by atoms with Crippen LogP contribution in [0.1, 0.15) is 21.7 Å². The van der Waals surface area contributed by atoms with Gasteiger partial charge >= 0.3 is 0 Å². The first-order valence-corrected chi connectivity index (χ1v) is 6.85. The fourth-order valence-corrected chi connectivity index (χ4v) is 2.10. The van der Waals surface area contributed by atoms with Crippen molar-refractivity contribution < 1.29 is 4.79 Å². The summed E-state index contributed by atoms with van der Waals surface area (Å²) in [5.41, 5.74) is 7.73. The van der Waals surface area contributed by atoms with E-state index in [-0.39, 0.29) is 5.69 Å². The van der Waals surface area contributed by atoms with Crippen LogP contribution in [-0.4, -0.2) is 25.7 Å². The second kappa shape index (κ2) is 5.73. The quantitative estimate of drug-likeness (QED) is 0.746. The van der Waals surface area contributed by atoms with Crippen molar-refractivity contribution in [1.29, 1.82) is 0 Å². The summed E-state index contributed by atoms with van der Waals surface area (Å²) >= 11 is 0. The Morgan fingerprint density at radius 1 is 1.26 bits per heavy atom. The van der Waals surface area contributed by atoms with Gasteiger partial charge in [-0.25, -0.2) is 14.6 Å². The molecule has 0 spiro atoms. The van der Waals surface area contributed by atoms with Crippen LogP contribution in [0.5, 0.6) is 0 Å². The Morgan fingerprint density at radius 3 is 2.74 bits per heavy atom. The summed E-state index contributed by atoms with van der Waals surface area (Å²) in [6.45, 7) is 1.87. The molecule has 3 aromatic rings. The van der Waals surface area contributed by atoms with Crippen LogP contribution in [0, 0.1) is 19.3 Å². The molecular formula is C17H13N5O. The molecule has 0 unspecified atom stereocenters. The molecule has 2 heterocycles. The number of amides is 1. The van der Waals surface area contributed by atoms with Crippen LogP contribution in [0.15, 0.2) is 42.6 Å². The molecule has 6 nitrogen and oxygen atoms in total. The lowest BCUT2D eigenvalue weighted by Crippen LogP contribution is -2.15. The van der Waals surface area contributed by atoms with Gasteiger partial charge in [-0.05, 0) is 25.1 Å². The molecule has 2 aromatic heterocycles. The van der Waals surface area contributed by atoms with Gasteiger partial charge < -0.3 is 5.73 Å². The lowest BCUT2D eigenvalue weighted by molar-refractivity contribution is 0.0995. The molecule has 0 saturated carbocycles. The van der Waals surface area contributed by atoms with Crippen LogP contribution in [0.4, 0.5) is 0 Å². The highest BCUT2D eigenvalue weighted by Gasteiger charge is 2.12. The number of terminal acetylenes is 1. The molecule has 0 aliphatic rings. The summed E-state index contributed by atoms with van der Waals surface area (Å²) < 4.78 is 1.57. The lowest BCUT2D eigenvalue weighted by atomic mass is 10.1. The van der Waals surface area contributed by atoms with Crippen molar-refractivity contribution in [2.24, 2.45) is 5.73 Å². The van der Waals surface area contributed by atoms with Gasteiger partial charge in [0.05, 0.1) is 5.69 Å². The van der Waals surface area contributed by atoms with Crippen LogP contribution < -0.4 is 5.73 Å². The Bertz CT molecular complexity index is 936. The molecule has 0 bridgehead atoms. The predicted octanol–water partition coefficient (Wildman–Crippen LogP) is 1.72. The van der Waals surface area contributed by atoms with E-state index in [9.17, 15) is 4.79 Å². The van der Waals surface area contributed by atoms with Gasteiger partial charge in [0.2, 0.25) is 0 Å². The number of hydrogen-bond acceptors (Lipinski definition) is 4. The minimum absolute atomic E-state index is 0.115. The number of carbonyl (C=O) groups excluding carboxylic acids is 1. The Balaban J connectivity index is 2.18. The molecule has 0 fully saturated rings. The molecule has 23 heavy (non-hydrogen) atoms. The van der Waals surface area contributed by atoms with Crippen molar-refractivity contribution in [3.8, 4) is 29.5 Å². The van der Waals surface area contributed by atoms with E-state index in [1.54, 1.807) is 23.0 Å². The first kappa shape index (κ1) is 14.5. The largest absolute Gasteiger partial charge is 0.364 e. The van der Waals surface area contributed by atoms with E-state index in [2.05, 4.69) is 21.0 Å². The standard InChI is InChI=1S/C17H13N5O/c1-3-12-5-4-6-13(9-12)17-19-14(16(18)23)10-15(20-17)22-8-7-11(2)21-22/h1,4-10H,2H3,(H2,18,23). The van der Waals surface area contributed by atoms with Crippen LogP contribution in [-0.2, 0) is 0 Å². The summed E-state index contributed by atoms with van der Waals surface area (Å²) in [5.74, 6) is 2.75. The summed E-state index contributed by atoms with van der Waals surface area (Å²) in [6.07, 6.45) is 7.17. The molecule has 6 heteroatoms. The van der Waals surface area contributed by atoms with Gasteiger partial charge in [0.25, 0.3) is 5.91 Å². The monoisotopic (exact) mass is 303 g/mol. The highest BCUT2D eigenvalue weighted by Crippen LogP contribution is 2.19. The van der Waals surface area contributed by atoms with Gasteiger partial charge in [0, 0.05) is 23.4 Å². The maximum atomic E-state index is 11.6. The van der Waals surface area contributed by atoms with Gasteiger partial charge in [-0.15, -0.1) is 6.42 Å². The van der Waals surface area contributed by atoms with Crippen LogP contribution in [0.2, 0.25) is 0 Å². The summed E-state index contributed by atoms with van der Waals surface area (Å²) in [6, 6.07) is 10.5.